The van der Waals surface area contributed by atoms with Gasteiger partial charge in [-0.3, -0.25) is 9.59 Å². The number of esters is 2. The third-order valence-corrected chi connectivity index (χ3v) is 10.5. The van der Waals surface area contributed by atoms with E-state index in [9.17, 15) is 36.7 Å². The zero-order valence-electron chi connectivity index (χ0n) is 33.7. The van der Waals surface area contributed by atoms with Gasteiger partial charge in [0, 0.05) is 99.4 Å². The Labute approximate surface area is 341 Å². The quantitative estimate of drug-likeness (QED) is 0.128. The molecule has 2 fully saturated rings. The maximum atomic E-state index is 14.1. The van der Waals surface area contributed by atoms with E-state index in [1.807, 2.05) is 0 Å². The van der Waals surface area contributed by atoms with Crippen LogP contribution in [0.3, 0.4) is 0 Å². The molecule has 20 heteroatoms. The van der Waals surface area contributed by atoms with Gasteiger partial charge in [0.05, 0.1) is 24.6 Å². The lowest BCUT2D eigenvalue weighted by Gasteiger charge is -2.21. The predicted octanol–water partition coefficient (Wildman–Crippen LogP) is 6.60. The van der Waals surface area contributed by atoms with E-state index in [-0.39, 0.29) is 58.9 Å². The van der Waals surface area contributed by atoms with Crippen molar-refractivity contribution in [2.45, 2.75) is 89.9 Å². The minimum Gasteiger partial charge on any atom is -0.461 e. The van der Waals surface area contributed by atoms with Crippen molar-refractivity contribution < 1.29 is 46.2 Å². The number of anilines is 6. The SMILES string of the molecule is CCOC(=O)c1cc(N2CC3(CC3)c3cnc(NC(C)=O)cc32)nc(C(C)(F)F)n1.CCOC(=O)c1cc(N2CC3(CC3)c3cnc(NC(C)=O)cc32)nc(C(C)(F)F)n1. The van der Waals surface area contributed by atoms with Crippen LogP contribution in [-0.2, 0) is 41.7 Å². The fraction of sp³-hybridized carbons (Fsp3) is 0.450. The summed E-state index contributed by atoms with van der Waals surface area (Å²) in [6.45, 7) is 8.58. The molecule has 2 N–H and O–H groups in total. The molecule has 0 radical (unpaired) electrons. The van der Waals surface area contributed by atoms with Crippen LogP contribution in [0.15, 0.2) is 36.7 Å². The Bertz CT molecular complexity index is 2230. The molecule has 2 amide bonds. The molecular weight excluding hydrogens is 792 g/mol. The normalized spacial score (nSPS) is 16.4. The summed E-state index contributed by atoms with van der Waals surface area (Å²) in [6, 6.07) is 6.10. The van der Waals surface area contributed by atoms with Crippen LogP contribution in [0.25, 0.3) is 0 Å². The van der Waals surface area contributed by atoms with Gasteiger partial charge in [0.15, 0.2) is 11.4 Å². The molecule has 0 aromatic carbocycles. The van der Waals surface area contributed by atoms with Crippen LogP contribution >= 0.6 is 0 Å². The summed E-state index contributed by atoms with van der Waals surface area (Å²) in [4.78, 5) is 75.0. The van der Waals surface area contributed by atoms with Crippen molar-refractivity contribution in [2.24, 2.45) is 0 Å². The van der Waals surface area contributed by atoms with Gasteiger partial charge in [0.1, 0.15) is 23.3 Å². The first-order valence-electron chi connectivity index (χ1n) is 19.3. The summed E-state index contributed by atoms with van der Waals surface area (Å²) in [7, 11) is 0. The topological polar surface area (TPSA) is 195 Å². The third-order valence-electron chi connectivity index (χ3n) is 10.5. The van der Waals surface area contributed by atoms with Gasteiger partial charge in [0.25, 0.3) is 0 Å². The van der Waals surface area contributed by atoms with Crippen molar-refractivity contribution >= 4 is 58.4 Å². The molecule has 8 rings (SSSR count). The number of aromatic nitrogens is 6. The summed E-state index contributed by atoms with van der Waals surface area (Å²) in [5.74, 6) is -9.25. The second-order valence-corrected chi connectivity index (χ2v) is 15.4. The van der Waals surface area contributed by atoms with E-state index in [1.165, 1.54) is 26.0 Å². The molecule has 0 bridgehead atoms. The first kappa shape index (κ1) is 41.8. The average Bonchev–Trinajstić information content (AvgIpc) is 4.08. The third kappa shape index (κ3) is 8.40. The highest BCUT2D eigenvalue weighted by Gasteiger charge is 2.54. The Morgan fingerprint density at radius 2 is 1.02 bits per heavy atom. The predicted molar refractivity (Wildman–Crippen MR) is 208 cm³/mol. The number of fused-ring (bicyclic) bond motifs is 4. The molecule has 0 unspecified atom stereocenters. The minimum absolute atomic E-state index is 0.0947. The number of hydrogen-bond donors (Lipinski definition) is 2. The molecule has 4 aliphatic rings. The maximum Gasteiger partial charge on any atom is 0.357 e. The van der Waals surface area contributed by atoms with Crippen molar-refractivity contribution in [3.8, 4) is 0 Å². The molecule has 2 aliphatic heterocycles. The standard InChI is InChI=1S/2C20H21F2N5O3/c2*1-4-30-17(29)13-7-16(26-18(25-13)19(3,21)22)27-10-20(5-6-20)12-9-23-15(8-14(12)27)24-11(2)28/h2*7-9H,4-6,10H2,1-3H3,(H,23,24,28). The maximum absolute atomic E-state index is 14.1. The number of alkyl halides is 4. The highest BCUT2D eigenvalue weighted by Crippen LogP contribution is 2.59. The number of nitrogens with one attached hydrogen (secondary N) is 2. The van der Waals surface area contributed by atoms with Crippen molar-refractivity contribution in [3.05, 3.63) is 70.8 Å². The molecule has 6 heterocycles. The van der Waals surface area contributed by atoms with Gasteiger partial charge in [0.2, 0.25) is 23.5 Å². The minimum atomic E-state index is -3.34. The number of hydrogen-bond acceptors (Lipinski definition) is 14. The number of amides is 2. The van der Waals surface area contributed by atoms with Gasteiger partial charge in [-0.2, -0.15) is 17.6 Å². The Morgan fingerprint density at radius 1 is 0.650 bits per heavy atom. The fourth-order valence-corrected chi connectivity index (χ4v) is 7.32. The van der Waals surface area contributed by atoms with E-state index in [0.717, 1.165) is 36.8 Å². The number of ether oxygens (including phenoxy) is 2. The lowest BCUT2D eigenvalue weighted by molar-refractivity contribution is -0.115. The van der Waals surface area contributed by atoms with Crippen LogP contribution in [0.4, 0.5) is 52.2 Å². The molecule has 16 nitrogen and oxygen atoms in total. The Kier molecular flexibility index (Phi) is 10.7. The fourth-order valence-electron chi connectivity index (χ4n) is 7.32. The first-order valence-corrected chi connectivity index (χ1v) is 19.3. The lowest BCUT2D eigenvalue weighted by atomic mass is 10.0. The Morgan fingerprint density at radius 3 is 1.32 bits per heavy atom. The first-order chi connectivity index (χ1) is 28.3. The lowest BCUT2D eigenvalue weighted by Crippen LogP contribution is -2.24. The number of carbonyl (C=O) groups excluding carboxylic acids is 4. The van der Waals surface area contributed by atoms with Crippen LogP contribution in [-0.4, -0.2) is 80.0 Å². The van der Waals surface area contributed by atoms with Gasteiger partial charge < -0.3 is 29.9 Å². The molecule has 60 heavy (non-hydrogen) atoms. The van der Waals surface area contributed by atoms with Gasteiger partial charge in [-0.05, 0) is 39.5 Å². The molecule has 0 saturated heterocycles. The zero-order valence-corrected chi connectivity index (χ0v) is 33.7. The van der Waals surface area contributed by atoms with Gasteiger partial charge in [-0.1, -0.05) is 0 Å². The molecular formula is C40H42F4N10O6. The number of carbonyl (C=O) groups is 4. The van der Waals surface area contributed by atoms with Crippen molar-refractivity contribution in [2.75, 3.05) is 46.7 Å². The number of halogens is 4. The molecule has 316 valence electrons. The summed E-state index contributed by atoms with van der Waals surface area (Å²) >= 11 is 0. The van der Waals surface area contributed by atoms with E-state index < -0.39 is 35.4 Å². The summed E-state index contributed by atoms with van der Waals surface area (Å²) in [5.41, 5.74) is 2.66. The van der Waals surface area contributed by atoms with Crippen LogP contribution in [0.2, 0.25) is 0 Å². The van der Waals surface area contributed by atoms with Crippen LogP contribution in [0.1, 0.15) is 111 Å². The van der Waals surface area contributed by atoms with E-state index in [0.29, 0.717) is 49.9 Å². The van der Waals surface area contributed by atoms with Gasteiger partial charge in [-0.15, -0.1) is 0 Å². The summed E-state index contributed by atoms with van der Waals surface area (Å²) in [6.07, 6.45) is 7.15. The van der Waals surface area contributed by atoms with Crippen molar-refractivity contribution in [1.82, 2.24) is 29.9 Å². The smallest absolute Gasteiger partial charge is 0.357 e. The van der Waals surface area contributed by atoms with Crippen LogP contribution in [0.5, 0.6) is 0 Å². The largest absolute Gasteiger partial charge is 0.461 e. The zero-order chi connectivity index (χ0) is 43.4. The second-order valence-electron chi connectivity index (χ2n) is 15.4. The van der Waals surface area contributed by atoms with E-state index >= 15 is 0 Å². The summed E-state index contributed by atoms with van der Waals surface area (Å²) < 4.78 is 66.2. The van der Waals surface area contributed by atoms with Crippen LogP contribution < -0.4 is 20.4 Å². The molecule has 2 spiro atoms. The molecule has 2 saturated carbocycles. The highest BCUT2D eigenvalue weighted by molar-refractivity contribution is 5.91. The van der Waals surface area contributed by atoms with Crippen molar-refractivity contribution in [1.29, 1.82) is 0 Å². The average molecular weight is 835 g/mol. The molecule has 4 aromatic heterocycles. The highest BCUT2D eigenvalue weighted by atomic mass is 19.3. The number of rotatable bonds is 10. The van der Waals surface area contributed by atoms with Crippen LogP contribution in [0, 0.1) is 0 Å². The number of nitrogens with zero attached hydrogens (tertiary/aromatic N) is 8. The van der Waals surface area contributed by atoms with E-state index in [1.54, 1.807) is 48.2 Å². The van der Waals surface area contributed by atoms with Crippen molar-refractivity contribution in [3.63, 3.8) is 0 Å². The van der Waals surface area contributed by atoms with Gasteiger partial charge >= 0.3 is 23.8 Å². The van der Waals surface area contributed by atoms with Gasteiger partial charge in [-0.25, -0.2) is 39.5 Å². The van der Waals surface area contributed by atoms with E-state index in [4.69, 9.17) is 9.47 Å². The number of pyridine rings is 2. The Hall–Kier alpha value is -6.34. The molecule has 4 aromatic rings. The van der Waals surface area contributed by atoms with E-state index in [2.05, 4.69) is 40.5 Å². The Balaban J connectivity index is 0.000000181. The molecule has 2 aliphatic carbocycles. The second kappa shape index (κ2) is 15.4. The summed E-state index contributed by atoms with van der Waals surface area (Å²) in [5, 5.41) is 5.27. The monoisotopic (exact) mass is 834 g/mol. The molecule has 0 atom stereocenters.